The molecule has 1 N–H and O–H groups in total. The first-order valence-electron chi connectivity index (χ1n) is 7.77. The number of rotatable bonds is 3. The predicted octanol–water partition coefficient (Wildman–Crippen LogP) is 1.27. The summed E-state index contributed by atoms with van der Waals surface area (Å²) in [6.07, 6.45) is 6.48. The van der Waals surface area contributed by atoms with Crippen LogP contribution in [0.15, 0.2) is 41.6 Å². The number of carbonyl (C=O) groups excluding carboxylic acids is 2. The molecule has 0 spiro atoms. The summed E-state index contributed by atoms with van der Waals surface area (Å²) in [6, 6.07) is 4.56. The predicted molar refractivity (Wildman–Crippen MR) is 89.0 cm³/mol. The molecule has 0 radical (unpaired) electrons. The molecule has 0 atom stereocenters. The summed E-state index contributed by atoms with van der Waals surface area (Å²) in [4.78, 5) is 42.6. The fourth-order valence-corrected chi connectivity index (χ4v) is 2.72. The van der Waals surface area contributed by atoms with Crippen molar-refractivity contribution in [2.45, 2.75) is 12.8 Å². The first-order chi connectivity index (χ1) is 11.6. The van der Waals surface area contributed by atoms with Crippen molar-refractivity contribution in [1.82, 2.24) is 14.5 Å². The number of amides is 2. The molecule has 7 heteroatoms. The van der Waals surface area contributed by atoms with Gasteiger partial charge in [0.2, 0.25) is 0 Å². The van der Waals surface area contributed by atoms with Crippen LogP contribution in [0.25, 0.3) is 0 Å². The lowest BCUT2D eigenvalue weighted by Crippen LogP contribution is -2.30. The summed E-state index contributed by atoms with van der Waals surface area (Å²) in [7, 11) is 1.56. The van der Waals surface area contributed by atoms with E-state index in [4.69, 9.17) is 0 Å². The molecule has 1 fully saturated rings. The molecule has 2 aromatic heterocycles. The fraction of sp³-hybridized carbons (Fsp3) is 0.294. The van der Waals surface area contributed by atoms with Gasteiger partial charge < -0.3 is 14.8 Å². The number of nitrogens with one attached hydrogen (secondary N) is 1. The maximum absolute atomic E-state index is 12.5. The van der Waals surface area contributed by atoms with Gasteiger partial charge in [-0.05, 0) is 31.0 Å². The number of likely N-dealkylation sites (tertiary alicyclic amines) is 1. The van der Waals surface area contributed by atoms with E-state index >= 15 is 0 Å². The lowest BCUT2D eigenvalue weighted by molar-refractivity contribution is 0.0791. The summed E-state index contributed by atoms with van der Waals surface area (Å²) in [5.41, 5.74) is 0.507. The smallest absolute Gasteiger partial charge is 0.274 e. The molecule has 2 amide bonds. The summed E-state index contributed by atoms with van der Waals surface area (Å²) >= 11 is 0. The van der Waals surface area contributed by atoms with E-state index in [9.17, 15) is 14.4 Å². The van der Waals surface area contributed by atoms with Crippen LogP contribution < -0.4 is 10.9 Å². The average Bonchev–Trinajstić information content (AvgIpc) is 3.13. The zero-order valence-corrected chi connectivity index (χ0v) is 13.4. The minimum atomic E-state index is -0.416. The van der Waals surface area contributed by atoms with Gasteiger partial charge in [0.1, 0.15) is 5.69 Å². The Kier molecular flexibility index (Phi) is 4.41. The Balaban J connectivity index is 1.89. The van der Waals surface area contributed by atoms with Crippen molar-refractivity contribution in [3.8, 4) is 0 Å². The van der Waals surface area contributed by atoms with Gasteiger partial charge in [0.25, 0.3) is 17.4 Å². The number of hydrogen-bond donors (Lipinski definition) is 1. The molecular formula is C17H18N4O3. The molecular weight excluding hydrogens is 308 g/mol. The molecule has 1 saturated heterocycles. The number of carbonyl (C=O) groups is 2. The van der Waals surface area contributed by atoms with E-state index in [0.717, 1.165) is 25.9 Å². The van der Waals surface area contributed by atoms with E-state index in [1.807, 2.05) is 0 Å². The maximum Gasteiger partial charge on any atom is 0.274 e. The Hall–Kier alpha value is -2.96. The zero-order chi connectivity index (χ0) is 17.1. The normalized spacial score (nSPS) is 13.8. The van der Waals surface area contributed by atoms with Gasteiger partial charge in [0.05, 0.1) is 5.56 Å². The Bertz CT molecular complexity index is 823. The highest BCUT2D eigenvalue weighted by Crippen LogP contribution is 2.14. The monoisotopic (exact) mass is 326 g/mol. The zero-order valence-electron chi connectivity index (χ0n) is 13.4. The molecule has 3 heterocycles. The first-order valence-corrected chi connectivity index (χ1v) is 7.77. The second-order valence-corrected chi connectivity index (χ2v) is 5.75. The Morgan fingerprint density at radius 1 is 1.12 bits per heavy atom. The first kappa shape index (κ1) is 15.9. The number of anilines is 1. The van der Waals surface area contributed by atoms with Crippen LogP contribution in [0.1, 0.15) is 33.6 Å². The quantitative estimate of drug-likeness (QED) is 0.920. The summed E-state index contributed by atoms with van der Waals surface area (Å²) in [5.74, 6) is -0.539. The van der Waals surface area contributed by atoms with E-state index in [2.05, 4.69) is 10.3 Å². The number of aromatic nitrogens is 2. The largest absolute Gasteiger partial charge is 0.339 e. The van der Waals surface area contributed by atoms with Crippen LogP contribution >= 0.6 is 0 Å². The van der Waals surface area contributed by atoms with Crippen molar-refractivity contribution in [3.05, 3.63) is 58.3 Å². The van der Waals surface area contributed by atoms with Crippen LogP contribution in [0.5, 0.6) is 0 Å². The Morgan fingerprint density at radius 2 is 1.79 bits per heavy atom. The lowest BCUT2D eigenvalue weighted by atomic mass is 10.2. The van der Waals surface area contributed by atoms with Crippen molar-refractivity contribution in [3.63, 3.8) is 0 Å². The molecule has 0 bridgehead atoms. The number of aryl methyl sites for hydroxylation is 1. The lowest BCUT2D eigenvalue weighted by Gasteiger charge is -2.16. The molecule has 124 valence electrons. The van der Waals surface area contributed by atoms with Crippen molar-refractivity contribution in [2.75, 3.05) is 18.4 Å². The molecule has 0 unspecified atom stereocenters. The van der Waals surface area contributed by atoms with Crippen molar-refractivity contribution >= 4 is 17.5 Å². The molecule has 1 aliphatic heterocycles. The van der Waals surface area contributed by atoms with Crippen LogP contribution in [0.4, 0.5) is 5.69 Å². The second-order valence-electron chi connectivity index (χ2n) is 5.75. The molecule has 3 rings (SSSR count). The van der Waals surface area contributed by atoms with Crippen LogP contribution in [0, 0.1) is 0 Å². The Labute approximate surface area is 138 Å². The van der Waals surface area contributed by atoms with E-state index in [-0.39, 0.29) is 17.2 Å². The number of nitrogens with zero attached hydrogens (tertiary/aromatic N) is 3. The average molecular weight is 326 g/mol. The van der Waals surface area contributed by atoms with Crippen LogP contribution in [0.3, 0.4) is 0 Å². The summed E-state index contributed by atoms with van der Waals surface area (Å²) in [6.45, 7) is 1.45. The third-order valence-electron chi connectivity index (χ3n) is 4.01. The highest BCUT2D eigenvalue weighted by molar-refractivity contribution is 6.04. The summed E-state index contributed by atoms with van der Waals surface area (Å²) < 4.78 is 1.31. The fourth-order valence-electron chi connectivity index (χ4n) is 2.72. The molecule has 24 heavy (non-hydrogen) atoms. The highest BCUT2D eigenvalue weighted by Gasteiger charge is 2.21. The van der Waals surface area contributed by atoms with Gasteiger partial charge in [-0.3, -0.25) is 19.4 Å². The van der Waals surface area contributed by atoms with Gasteiger partial charge >= 0.3 is 0 Å². The topological polar surface area (TPSA) is 84.3 Å². The third kappa shape index (κ3) is 3.19. The van der Waals surface area contributed by atoms with Gasteiger partial charge in [-0.15, -0.1) is 0 Å². The second kappa shape index (κ2) is 6.66. The van der Waals surface area contributed by atoms with Gasteiger partial charge in [-0.2, -0.15) is 0 Å². The summed E-state index contributed by atoms with van der Waals surface area (Å²) in [5, 5.41) is 2.58. The van der Waals surface area contributed by atoms with Gasteiger partial charge in [-0.1, -0.05) is 0 Å². The third-order valence-corrected chi connectivity index (χ3v) is 4.01. The van der Waals surface area contributed by atoms with Gasteiger partial charge in [0, 0.05) is 44.3 Å². The minimum absolute atomic E-state index is 0.0874. The van der Waals surface area contributed by atoms with Crippen molar-refractivity contribution in [2.24, 2.45) is 7.05 Å². The standard InChI is InChI=1S/C17H18N4O3/c1-20-11-13(16(23)21-8-2-3-9-21)10-14(17(20)24)19-15(22)12-4-6-18-7-5-12/h4-7,10-11H,2-3,8-9H2,1H3,(H,19,22). The van der Waals surface area contributed by atoms with Crippen molar-refractivity contribution in [1.29, 1.82) is 0 Å². The van der Waals surface area contributed by atoms with Crippen molar-refractivity contribution < 1.29 is 9.59 Å². The van der Waals surface area contributed by atoms with Crippen LogP contribution in [-0.4, -0.2) is 39.4 Å². The maximum atomic E-state index is 12.5. The highest BCUT2D eigenvalue weighted by atomic mass is 16.2. The van der Waals surface area contributed by atoms with Gasteiger partial charge in [-0.25, -0.2) is 0 Å². The van der Waals surface area contributed by atoms with Crippen LogP contribution in [0.2, 0.25) is 0 Å². The molecule has 2 aromatic rings. The molecule has 0 aliphatic carbocycles. The number of pyridine rings is 2. The van der Waals surface area contributed by atoms with E-state index in [0.29, 0.717) is 11.1 Å². The van der Waals surface area contributed by atoms with Crippen LogP contribution in [-0.2, 0) is 7.05 Å². The van der Waals surface area contributed by atoms with E-state index in [1.165, 1.54) is 29.2 Å². The van der Waals surface area contributed by atoms with E-state index < -0.39 is 5.91 Å². The minimum Gasteiger partial charge on any atom is -0.339 e. The van der Waals surface area contributed by atoms with Gasteiger partial charge in [0.15, 0.2) is 0 Å². The Morgan fingerprint density at radius 3 is 2.46 bits per heavy atom. The number of hydrogen-bond acceptors (Lipinski definition) is 4. The molecule has 7 nitrogen and oxygen atoms in total. The molecule has 0 aromatic carbocycles. The SMILES string of the molecule is Cn1cc(C(=O)N2CCCC2)cc(NC(=O)c2ccncc2)c1=O. The molecule has 0 saturated carbocycles. The molecule has 1 aliphatic rings. The van der Waals surface area contributed by atoms with E-state index in [1.54, 1.807) is 24.1 Å².